The summed E-state index contributed by atoms with van der Waals surface area (Å²) >= 11 is 0. The SMILES string of the molecule is CCCCCC1CC2=C(CCC(C(=O)O)CC2)C1. The third-order valence-electron chi connectivity index (χ3n) is 4.72. The summed E-state index contributed by atoms with van der Waals surface area (Å²) in [5, 5.41) is 9.10. The molecule has 18 heavy (non-hydrogen) atoms. The average Bonchev–Trinajstić information content (AvgIpc) is 2.61. The van der Waals surface area contributed by atoms with Crippen LogP contribution >= 0.6 is 0 Å². The molecule has 0 aromatic rings. The van der Waals surface area contributed by atoms with Crippen LogP contribution in [0.15, 0.2) is 11.1 Å². The summed E-state index contributed by atoms with van der Waals surface area (Å²) in [4.78, 5) is 11.0. The molecule has 0 saturated heterocycles. The van der Waals surface area contributed by atoms with Crippen molar-refractivity contribution in [1.29, 1.82) is 0 Å². The molecule has 0 amide bonds. The highest BCUT2D eigenvalue weighted by Gasteiger charge is 2.29. The number of allylic oxidation sites excluding steroid dienone is 2. The van der Waals surface area contributed by atoms with Gasteiger partial charge in [-0.15, -0.1) is 0 Å². The summed E-state index contributed by atoms with van der Waals surface area (Å²) in [5.41, 5.74) is 3.25. The Labute approximate surface area is 110 Å². The summed E-state index contributed by atoms with van der Waals surface area (Å²) in [6.45, 7) is 2.26. The van der Waals surface area contributed by atoms with Crippen molar-refractivity contribution in [2.24, 2.45) is 11.8 Å². The van der Waals surface area contributed by atoms with Gasteiger partial charge in [-0.3, -0.25) is 4.79 Å². The molecule has 2 aliphatic carbocycles. The second-order valence-corrected chi connectivity index (χ2v) is 6.09. The first-order valence-corrected chi connectivity index (χ1v) is 7.63. The van der Waals surface area contributed by atoms with E-state index in [-0.39, 0.29) is 5.92 Å². The molecule has 0 atom stereocenters. The van der Waals surface area contributed by atoms with E-state index in [0.717, 1.165) is 31.6 Å². The molecule has 0 unspecified atom stereocenters. The molecular formula is C16H26O2. The van der Waals surface area contributed by atoms with Gasteiger partial charge in [0, 0.05) is 0 Å². The van der Waals surface area contributed by atoms with E-state index < -0.39 is 5.97 Å². The molecule has 102 valence electrons. The van der Waals surface area contributed by atoms with Gasteiger partial charge in [-0.1, -0.05) is 37.3 Å². The second-order valence-electron chi connectivity index (χ2n) is 6.09. The van der Waals surface area contributed by atoms with E-state index in [1.807, 2.05) is 0 Å². The molecule has 0 radical (unpaired) electrons. The van der Waals surface area contributed by atoms with E-state index in [9.17, 15) is 4.79 Å². The van der Waals surface area contributed by atoms with Crippen LogP contribution in [0.5, 0.6) is 0 Å². The van der Waals surface area contributed by atoms with Crippen molar-refractivity contribution < 1.29 is 9.90 Å². The van der Waals surface area contributed by atoms with Crippen LogP contribution in [0, 0.1) is 11.8 Å². The van der Waals surface area contributed by atoms with E-state index in [1.54, 1.807) is 11.1 Å². The lowest BCUT2D eigenvalue weighted by molar-refractivity contribution is -0.142. The Hall–Kier alpha value is -0.790. The highest BCUT2D eigenvalue weighted by molar-refractivity contribution is 5.70. The van der Waals surface area contributed by atoms with Crippen LogP contribution in [-0.4, -0.2) is 11.1 Å². The fourth-order valence-electron chi connectivity index (χ4n) is 3.59. The molecule has 1 N–H and O–H groups in total. The third-order valence-corrected chi connectivity index (χ3v) is 4.72. The molecule has 0 aromatic heterocycles. The Bertz CT molecular complexity index is 310. The standard InChI is InChI=1S/C16H26O2/c1-2-3-4-5-12-10-14-8-6-13(16(17)18)7-9-15(14)11-12/h12-13H,2-11H2,1H3,(H,17,18). The highest BCUT2D eigenvalue weighted by atomic mass is 16.4. The number of carboxylic acids is 1. The zero-order valence-electron chi connectivity index (χ0n) is 11.6. The van der Waals surface area contributed by atoms with Gasteiger partial charge in [0.2, 0.25) is 0 Å². The molecule has 0 bridgehead atoms. The van der Waals surface area contributed by atoms with Crippen molar-refractivity contribution >= 4 is 5.97 Å². The minimum Gasteiger partial charge on any atom is -0.481 e. The second kappa shape index (κ2) is 6.40. The predicted octanol–water partition coefficient (Wildman–Crippen LogP) is 4.55. The van der Waals surface area contributed by atoms with E-state index in [2.05, 4.69) is 6.92 Å². The highest BCUT2D eigenvalue weighted by Crippen LogP contribution is 2.42. The lowest BCUT2D eigenvalue weighted by atomic mass is 9.92. The number of carbonyl (C=O) groups is 1. The van der Waals surface area contributed by atoms with Crippen LogP contribution < -0.4 is 0 Å². The number of unbranched alkanes of at least 4 members (excludes halogenated alkanes) is 2. The Balaban J connectivity index is 1.80. The van der Waals surface area contributed by atoms with Crippen LogP contribution in [-0.2, 0) is 4.79 Å². The van der Waals surface area contributed by atoms with Crippen LogP contribution in [0.25, 0.3) is 0 Å². The zero-order valence-corrected chi connectivity index (χ0v) is 11.6. The normalized spacial score (nSPS) is 22.1. The van der Waals surface area contributed by atoms with Crippen molar-refractivity contribution in [2.45, 2.75) is 71.1 Å². The van der Waals surface area contributed by atoms with E-state index >= 15 is 0 Å². The van der Waals surface area contributed by atoms with Crippen molar-refractivity contribution in [3.8, 4) is 0 Å². The topological polar surface area (TPSA) is 37.3 Å². The smallest absolute Gasteiger partial charge is 0.306 e. The lowest BCUT2D eigenvalue weighted by Crippen LogP contribution is -2.13. The molecule has 2 heteroatoms. The van der Waals surface area contributed by atoms with Crippen LogP contribution in [0.2, 0.25) is 0 Å². The summed E-state index contributed by atoms with van der Waals surface area (Å²) in [6.07, 6.45) is 11.8. The number of carboxylic acid groups (broad SMARTS) is 1. The summed E-state index contributed by atoms with van der Waals surface area (Å²) < 4.78 is 0. The quantitative estimate of drug-likeness (QED) is 0.574. The molecule has 0 aliphatic heterocycles. The Morgan fingerprint density at radius 2 is 1.78 bits per heavy atom. The van der Waals surface area contributed by atoms with Gasteiger partial charge in [0.25, 0.3) is 0 Å². The van der Waals surface area contributed by atoms with Crippen molar-refractivity contribution in [2.75, 3.05) is 0 Å². The summed E-state index contributed by atoms with van der Waals surface area (Å²) in [5.74, 6) is 0.202. The van der Waals surface area contributed by atoms with Crippen LogP contribution in [0.3, 0.4) is 0 Å². The monoisotopic (exact) mass is 250 g/mol. The maximum absolute atomic E-state index is 11.0. The van der Waals surface area contributed by atoms with Gasteiger partial charge >= 0.3 is 5.97 Å². The minimum absolute atomic E-state index is 0.0888. The Kier molecular flexibility index (Phi) is 4.85. The van der Waals surface area contributed by atoms with Gasteiger partial charge < -0.3 is 5.11 Å². The molecule has 2 aliphatic rings. The maximum Gasteiger partial charge on any atom is 0.306 e. The van der Waals surface area contributed by atoms with Crippen LogP contribution in [0.1, 0.15) is 71.1 Å². The Morgan fingerprint density at radius 3 is 2.28 bits per heavy atom. The van der Waals surface area contributed by atoms with Gasteiger partial charge in [-0.2, -0.15) is 0 Å². The van der Waals surface area contributed by atoms with E-state index in [1.165, 1.54) is 38.5 Å². The molecule has 0 heterocycles. The fourth-order valence-corrected chi connectivity index (χ4v) is 3.59. The third kappa shape index (κ3) is 3.37. The molecule has 0 spiro atoms. The van der Waals surface area contributed by atoms with Crippen molar-refractivity contribution in [1.82, 2.24) is 0 Å². The van der Waals surface area contributed by atoms with Crippen molar-refractivity contribution in [3.63, 3.8) is 0 Å². The van der Waals surface area contributed by atoms with Crippen LogP contribution in [0.4, 0.5) is 0 Å². The predicted molar refractivity (Wildman–Crippen MR) is 73.5 cm³/mol. The summed E-state index contributed by atoms with van der Waals surface area (Å²) in [7, 11) is 0. The number of hydrogen-bond acceptors (Lipinski definition) is 1. The molecule has 0 aromatic carbocycles. The molecule has 2 nitrogen and oxygen atoms in total. The number of rotatable bonds is 5. The fraction of sp³-hybridized carbons (Fsp3) is 0.812. The van der Waals surface area contributed by atoms with Gasteiger partial charge in [-0.05, 0) is 50.9 Å². The average molecular weight is 250 g/mol. The first-order chi connectivity index (χ1) is 8.70. The zero-order chi connectivity index (χ0) is 13.0. The van der Waals surface area contributed by atoms with Gasteiger partial charge in [-0.25, -0.2) is 0 Å². The maximum atomic E-state index is 11.0. The first kappa shape index (κ1) is 13.6. The van der Waals surface area contributed by atoms with E-state index in [0.29, 0.717) is 0 Å². The number of aliphatic carboxylic acids is 1. The number of hydrogen-bond donors (Lipinski definition) is 1. The van der Waals surface area contributed by atoms with E-state index in [4.69, 9.17) is 5.11 Å². The van der Waals surface area contributed by atoms with Gasteiger partial charge in [0.05, 0.1) is 5.92 Å². The molecule has 0 fully saturated rings. The molecular weight excluding hydrogens is 224 g/mol. The lowest BCUT2D eigenvalue weighted by Gasteiger charge is -2.13. The van der Waals surface area contributed by atoms with Gasteiger partial charge in [0.1, 0.15) is 0 Å². The summed E-state index contributed by atoms with van der Waals surface area (Å²) in [6, 6.07) is 0. The minimum atomic E-state index is -0.587. The molecule has 0 saturated carbocycles. The largest absolute Gasteiger partial charge is 0.481 e. The first-order valence-electron chi connectivity index (χ1n) is 7.63. The van der Waals surface area contributed by atoms with Gasteiger partial charge in [0.15, 0.2) is 0 Å². The molecule has 2 rings (SSSR count). The van der Waals surface area contributed by atoms with Crippen molar-refractivity contribution in [3.05, 3.63) is 11.1 Å². The Morgan fingerprint density at radius 1 is 1.17 bits per heavy atom.